The van der Waals surface area contributed by atoms with Gasteiger partial charge in [-0.25, -0.2) is 8.78 Å². The maximum Gasteiger partial charge on any atom is 0.228 e. The summed E-state index contributed by atoms with van der Waals surface area (Å²) in [5, 5.41) is 3.17. The number of pyridine rings is 1. The first-order valence-corrected chi connectivity index (χ1v) is 8.35. The number of carbonyl (C=O) groups is 1. The van der Waals surface area contributed by atoms with E-state index < -0.39 is 11.6 Å². The topological polar surface area (TPSA) is 57.8 Å². The van der Waals surface area contributed by atoms with Crippen LogP contribution >= 0.6 is 0 Å². The number of rotatable bonds is 4. The number of carbonyl (C=O) groups excluding carboxylic acids is 1. The number of hydrogen-bond acceptors (Lipinski definition) is 2. The van der Waals surface area contributed by atoms with Gasteiger partial charge in [0, 0.05) is 30.0 Å². The molecule has 134 valence electrons. The molecule has 2 aromatic carbocycles. The maximum absolute atomic E-state index is 13.5. The van der Waals surface area contributed by atoms with Crippen LogP contribution in [0.15, 0.2) is 67.1 Å². The summed E-state index contributed by atoms with van der Waals surface area (Å²) in [6, 6.07) is 13.6. The van der Waals surface area contributed by atoms with Gasteiger partial charge in [-0.3, -0.25) is 9.78 Å². The lowest BCUT2D eigenvalue weighted by molar-refractivity contribution is -0.115. The Bertz CT molecular complexity index is 1120. The molecule has 0 bridgehead atoms. The monoisotopic (exact) mass is 363 g/mol. The van der Waals surface area contributed by atoms with E-state index in [1.165, 1.54) is 6.20 Å². The van der Waals surface area contributed by atoms with Crippen LogP contribution in [-0.4, -0.2) is 15.9 Å². The van der Waals surface area contributed by atoms with Crippen LogP contribution in [0, 0.1) is 11.6 Å². The van der Waals surface area contributed by atoms with Crippen LogP contribution in [0.2, 0.25) is 0 Å². The van der Waals surface area contributed by atoms with Gasteiger partial charge in [-0.05, 0) is 28.8 Å². The molecule has 0 radical (unpaired) electrons. The van der Waals surface area contributed by atoms with E-state index in [0.29, 0.717) is 16.6 Å². The lowest BCUT2D eigenvalue weighted by Gasteiger charge is -2.07. The Balaban J connectivity index is 1.53. The van der Waals surface area contributed by atoms with E-state index in [2.05, 4.69) is 15.3 Å². The van der Waals surface area contributed by atoms with Crippen molar-refractivity contribution in [2.45, 2.75) is 6.42 Å². The molecule has 2 aromatic heterocycles. The third-order valence-electron chi connectivity index (χ3n) is 4.28. The van der Waals surface area contributed by atoms with Crippen LogP contribution in [0.1, 0.15) is 5.56 Å². The summed E-state index contributed by atoms with van der Waals surface area (Å²) < 4.78 is 26.8. The van der Waals surface area contributed by atoms with Gasteiger partial charge < -0.3 is 10.3 Å². The summed E-state index contributed by atoms with van der Waals surface area (Å²) in [6.07, 6.45) is 5.15. The van der Waals surface area contributed by atoms with E-state index in [0.717, 1.165) is 28.8 Å². The fraction of sp³-hybridized carbons (Fsp3) is 0.0476. The van der Waals surface area contributed by atoms with Gasteiger partial charge in [0.15, 0.2) is 11.6 Å². The molecular weight excluding hydrogens is 348 g/mol. The predicted molar refractivity (Wildman–Crippen MR) is 100 cm³/mol. The molecule has 2 heterocycles. The summed E-state index contributed by atoms with van der Waals surface area (Å²) in [7, 11) is 0. The van der Waals surface area contributed by atoms with E-state index in [-0.39, 0.29) is 12.3 Å². The summed E-state index contributed by atoms with van der Waals surface area (Å²) in [5.41, 5.74) is 3.61. The molecule has 4 nitrogen and oxygen atoms in total. The Morgan fingerprint density at radius 3 is 2.67 bits per heavy atom. The number of benzene rings is 2. The molecule has 0 unspecified atom stereocenters. The minimum Gasteiger partial charge on any atom is -0.359 e. The molecule has 0 saturated carbocycles. The van der Waals surface area contributed by atoms with Gasteiger partial charge in [0.1, 0.15) is 0 Å². The van der Waals surface area contributed by atoms with E-state index >= 15 is 0 Å². The molecular formula is C21H15F2N3O. The Hall–Kier alpha value is -3.54. The van der Waals surface area contributed by atoms with Crippen LogP contribution in [-0.2, 0) is 11.2 Å². The second-order valence-electron chi connectivity index (χ2n) is 6.18. The highest BCUT2D eigenvalue weighted by Crippen LogP contribution is 2.26. The second kappa shape index (κ2) is 6.99. The molecule has 6 heteroatoms. The quantitative estimate of drug-likeness (QED) is 0.553. The lowest BCUT2D eigenvalue weighted by atomic mass is 10.0. The molecule has 0 aliphatic heterocycles. The number of anilines is 1. The highest BCUT2D eigenvalue weighted by atomic mass is 19.2. The standard InChI is InChI=1S/C21H15F2N3O/c22-17-9-16-19(10-18(17)23)25-12-20(16)26-21(27)8-13-3-1-4-14(7-13)15-5-2-6-24-11-15/h1-7,9-12,25H,8H2,(H,26,27). The Labute approximate surface area is 153 Å². The van der Waals surface area contributed by atoms with Gasteiger partial charge in [0.05, 0.1) is 17.6 Å². The molecule has 4 aromatic rings. The average molecular weight is 363 g/mol. The molecule has 0 aliphatic carbocycles. The highest BCUT2D eigenvalue weighted by Gasteiger charge is 2.12. The fourth-order valence-electron chi connectivity index (χ4n) is 2.99. The molecule has 1 amide bonds. The van der Waals surface area contributed by atoms with Crippen molar-refractivity contribution < 1.29 is 13.6 Å². The second-order valence-corrected chi connectivity index (χ2v) is 6.18. The van der Waals surface area contributed by atoms with Crippen LogP contribution in [0.4, 0.5) is 14.5 Å². The summed E-state index contributed by atoms with van der Waals surface area (Å²) in [5.74, 6) is -2.14. The fourth-order valence-corrected chi connectivity index (χ4v) is 2.99. The van der Waals surface area contributed by atoms with Crippen molar-refractivity contribution in [2.75, 3.05) is 5.32 Å². The Kier molecular flexibility index (Phi) is 4.38. The van der Waals surface area contributed by atoms with Crippen molar-refractivity contribution >= 4 is 22.5 Å². The number of nitrogens with one attached hydrogen (secondary N) is 2. The van der Waals surface area contributed by atoms with E-state index in [1.54, 1.807) is 12.4 Å². The minimum atomic E-state index is -0.957. The molecule has 0 saturated heterocycles. The van der Waals surface area contributed by atoms with E-state index in [1.807, 2.05) is 36.4 Å². The molecule has 0 fully saturated rings. The molecule has 0 atom stereocenters. The van der Waals surface area contributed by atoms with Gasteiger partial charge in [0.25, 0.3) is 0 Å². The van der Waals surface area contributed by atoms with Crippen molar-refractivity contribution in [2.24, 2.45) is 0 Å². The predicted octanol–water partition coefficient (Wildman–Crippen LogP) is 4.69. The first kappa shape index (κ1) is 16.9. The van der Waals surface area contributed by atoms with Gasteiger partial charge >= 0.3 is 0 Å². The van der Waals surface area contributed by atoms with E-state index in [9.17, 15) is 13.6 Å². The largest absolute Gasteiger partial charge is 0.359 e. The SMILES string of the molecule is O=C(Cc1cccc(-c2cccnc2)c1)Nc1c[nH]c2cc(F)c(F)cc12. The van der Waals surface area contributed by atoms with Crippen molar-refractivity contribution in [3.05, 3.63) is 84.3 Å². The Morgan fingerprint density at radius 2 is 1.85 bits per heavy atom. The van der Waals surface area contributed by atoms with Crippen molar-refractivity contribution in [1.82, 2.24) is 9.97 Å². The van der Waals surface area contributed by atoms with Crippen LogP contribution < -0.4 is 5.32 Å². The van der Waals surface area contributed by atoms with Gasteiger partial charge in [-0.15, -0.1) is 0 Å². The smallest absolute Gasteiger partial charge is 0.228 e. The maximum atomic E-state index is 13.5. The number of fused-ring (bicyclic) bond motifs is 1. The third-order valence-corrected chi connectivity index (χ3v) is 4.28. The first-order chi connectivity index (χ1) is 13.1. The zero-order valence-electron chi connectivity index (χ0n) is 14.2. The number of H-pyrrole nitrogens is 1. The van der Waals surface area contributed by atoms with Gasteiger partial charge in [0.2, 0.25) is 5.91 Å². The normalized spacial score (nSPS) is 10.9. The van der Waals surface area contributed by atoms with E-state index in [4.69, 9.17) is 0 Å². The molecule has 0 aliphatic rings. The van der Waals surface area contributed by atoms with Crippen LogP contribution in [0.5, 0.6) is 0 Å². The van der Waals surface area contributed by atoms with Crippen molar-refractivity contribution in [3.8, 4) is 11.1 Å². The lowest BCUT2D eigenvalue weighted by Crippen LogP contribution is -2.14. The first-order valence-electron chi connectivity index (χ1n) is 8.35. The van der Waals surface area contributed by atoms with Gasteiger partial charge in [-0.2, -0.15) is 0 Å². The third kappa shape index (κ3) is 3.55. The highest BCUT2D eigenvalue weighted by molar-refractivity contribution is 6.02. The summed E-state index contributed by atoms with van der Waals surface area (Å²) in [6.45, 7) is 0. The molecule has 0 spiro atoms. The van der Waals surface area contributed by atoms with Crippen LogP contribution in [0.3, 0.4) is 0 Å². The number of aromatic nitrogens is 2. The van der Waals surface area contributed by atoms with Crippen LogP contribution in [0.25, 0.3) is 22.0 Å². The molecule has 2 N–H and O–H groups in total. The zero-order chi connectivity index (χ0) is 18.8. The molecule has 4 rings (SSSR count). The number of halogens is 2. The number of aromatic amines is 1. The van der Waals surface area contributed by atoms with Gasteiger partial charge in [-0.1, -0.05) is 30.3 Å². The molecule has 27 heavy (non-hydrogen) atoms. The van der Waals surface area contributed by atoms with Crippen molar-refractivity contribution in [3.63, 3.8) is 0 Å². The number of amides is 1. The van der Waals surface area contributed by atoms with Crippen molar-refractivity contribution in [1.29, 1.82) is 0 Å². The Morgan fingerprint density at radius 1 is 1.04 bits per heavy atom. The average Bonchev–Trinajstić information content (AvgIpc) is 3.04. The number of nitrogens with zero attached hydrogens (tertiary/aromatic N) is 1. The zero-order valence-corrected chi connectivity index (χ0v) is 14.2. The minimum absolute atomic E-state index is 0.157. The summed E-state index contributed by atoms with van der Waals surface area (Å²) in [4.78, 5) is 19.3. The summed E-state index contributed by atoms with van der Waals surface area (Å²) >= 11 is 0. The number of hydrogen-bond donors (Lipinski definition) is 2.